The third-order valence-corrected chi connectivity index (χ3v) is 8.15. The van der Waals surface area contributed by atoms with Crippen LogP contribution in [0.4, 0.5) is 11.4 Å². The SMILES string of the molecule is CCCOc1ccc(NC(=O)CC2C(=O)N(c3ccc(C(=O)OCC)cc3)C(=S)N2CCCN2CCN(CC)CC2)cc1. The van der Waals surface area contributed by atoms with Gasteiger partial charge in [0, 0.05) is 38.4 Å². The lowest BCUT2D eigenvalue weighted by Crippen LogP contribution is -2.47. The highest BCUT2D eigenvalue weighted by molar-refractivity contribution is 7.80. The molecule has 0 radical (unpaired) electrons. The fraction of sp³-hybridized carbons (Fsp3) is 0.500. The molecule has 0 aliphatic carbocycles. The fourth-order valence-corrected chi connectivity index (χ4v) is 5.74. The Morgan fingerprint density at radius 3 is 2.23 bits per heavy atom. The second-order valence-electron chi connectivity index (χ2n) is 10.7. The summed E-state index contributed by atoms with van der Waals surface area (Å²) in [6.07, 6.45) is 1.68. The van der Waals surface area contributed by atoms with Gasteiger partial charge in [-0.15, -0.1) is 0 Å². The average molecular weight is 610 g/mol. The summed E-state index contributed by atoms with van der Waals surface area (Å²) in [7, 11) is 0. The topological polar surface area (TPSA) is 94.7 Å². The quantitative estimate of drug-likeness (QED) is 0.252. The molecule has 2 heterocycles. The first-order valence-electron chi connectivity index (χ1n) is 15.2. The van der Waals surface area contributed by atoms with E-state index in [2.05, 4.69) is 22.0 Å². The van der Waals surface area contributed by atoms with Crippen molar-refractivity contribution in [2.24, 2.45) is 0 Å². The third kappa shape index (κ3) is 8.52. The van der Waals surface area contributed by atoms with E-state index in [4.69, 9.17) is 21.7 Å². The van der Waals surface area contributed by atoms with E-state index in [1.165, 1.54) is 4.90 Å². The van der Waals surface area contributed by atoms with E-state index < -0.39 is 12.0 Å². The Bertz CT molecular complexity index is 1250. The normalized spacial score (nSPS) is 17.8. The molecule has 2 fully saturated rings. The molecule has 2 aromatic carbocycles. The van der Waals surface area contributed by atoms with E-state index >= 15 is 0 Å². The molecule has 2 amide bonds. The van der Waals surface area contributed by atoms with Crippen LogP contribution in [0.15, 0.2) is 48.5 Å². The smallest absolute Gasteiger partial charge is 0.338 e. The zero-order valence-corrected chi connectivity index (χ0v) is 26.2. The molecule has 0 saturated carbocycles. The molecule has 11 heteroatoms. The Morgan fingerprint density at radius 2 is 1.60 bits per heavy atom. The molecular weight excluding hydrogens is 566 g/mol. The molecule has 0 aromatic heterocycles. The summed E-state index contributed by atoms with van der Waals surface area (Å²) in [4.78, 5) is 47.4. The minimum Gasteiger partial charge on any atom is -0.494 e. The maximum Gasteiger partial charge on any atom is 0.338 e. The largest absolute Gasteiger partial charge is 0.494 e. The van der Waals surface area contributed by atoms with Gasteiger partial charge in [0.15, 0.2) is 5.11 Å². The van der Waals surface area contributed by atoms with Gasteiger partial charge in [-0.3, -0.25) is 14.5 Å². The van der Waals surface area contributed by atoms with Crippen molar-refractivity contribution in [2.75, 3.05) is 69.2 Å². The predicted molar refractivity (Wildman–Crippen MR) is 172 cm³/mol. The van der Waals surface area contributed by atoms with Gasteiger partial charge in [-0.1, -0.05) is 13.8 Å². The number of hydrogen-bond donors (Lipinski definition) is 1. The molecule has 0 spiro atoms. The van der Waals surface area contributed by atoms with Crippen LogP contribution in [0, 0.1) is 0 Å². The lowest BCUT2D eigenvalue weighted by atomic mass is 10.1. The number of esters is 1. The molecule has 1 atom stereocenters. The van der Waals surface area contributed by atoms with Crippen LogP contribution < -0.4 is 15.0 Å². The van der Waals surface area contributed by atoms with Crippen LogP contribution in [0.2, 0.25) is 0 Å². The van der Waals surface area contributed by atoms with Crippen LogP contribution in [0.1, 0.15) is 50.4 Å². The Morgan fingerprint density at radius 1 is 0.930 bits per heavy atom. The lowest BCUT2D eigenvalue weighted by molar-refractivity contribution is -0.124. The van der Waals surface area contributed by atoms with Crippen molar-refractivity contribution < 1.29 is 23.9 Å². The van der Waals surface area contributed by atoms with E-state index in [1.807, 2.05) is 24.0 Å². The molecule has 4 rings (SSSR count). The minimum absolute atomic E-state index is 0.0420. The highest BCUT2D eigenvalue weighted by Crippen LogP contribution is 2.28. The number of nitrogens with one attached hydrogen (secondary N) is 1. The van der Waals surface area contributed by atoms with Gasteiger partial charge >= 0.3 is 5.97 Å². The highest BCUT2D eigenvalue weighted by Gasteiger charge is 2.44. The zero-order chi connectivity index (χ0) is 30.8. The number of thiocarbonyl (C=S) groups is 1. The molecule has 2 aliphatic heterocycles. The van der Waals surface area contributed by atoms with Crippen molar-refractivity contribution in [1.82, 2.24) is 14.7 Å². The van der Waals surface area contributed by atoms with Crippen molar-refractivity contribution in [1.29, 1.82) is 0 Å². The Hall–Kier alpha value is -3.54. The van der Waals surface area contributed by atoms with Gasteiger partial charge < -0.3 is 29.5 Å². The molecule has 2 saturated heterocycles. The summed E-state index contributed by atoms with van der Waals surface area (Å²) in [5, 5.41) is 3.27. The van der Waals surface area contributed by atoms with E-state index in [0.717, 1.165) is 57.9 Å². The third-order valence-electron chi connectivity index (χ3n) is 7.73. The number of likely N-dealkylation sites (N-methyl/N-ethyl adjacent to an activating group) is 1. The van der Waals surface area contributed by atoms with Crippen LogP contribution in [-0.4, -0.2) is 103 Å². The van der Waals surface area contributed by atoms with Crippen LogP contribution in [0.3, 0.4) is 0 Å². The maximum absolute atomic E-state index is 13.8. The molecule has 0 bridgehead atoms. The summed E-state index contributed by atoms with van der Waals surface area (Å²) >= 11 is 5.83. The summed E-state index contributed by atoms with van der Waals surface area (Å²) in [6, 6.07) is 13.1. The van der Waals surface area contributed by atoms with Crippen LogP contribution in [0.5, 0.6) is 5.75 Å². The van der Waals surface area contributed by atoms with Crippen molar-refractivity contribution in [3.05, 3.63) is 54.1 Å². The number of anilines is 2. The van der Waals surface area contributed by atoms with E-state index in [-0.39, 0.29) is 24.8 Å². The Labute approximate surface area is 259 Å². The first-order chi connectivity index (χ1) is 20.8. The molecule has 2 aromatic rings. The van der Waals surface area contributed by atoms with Gasteiger partial charge in [-0.2, -0.15) is 0 Å². The summed E-state index contributed by atoms with van der Waals surface area (Å²) in [6.45, 7) is 13.5. The number of piperazine rings is 1. The van der Waals surface area contributed by atoms with Gasteiger partial charge in [0.05, 0.1) is 30.9 Å². The first-order valence-corrected chi connectivity index (χ1v) is 15.6. The van der Waals surface area contributed by atoms with Crippen molar-refractivity contribution in [2.45, 2.75) is 46.1 Å². The lowest BCUT2D eigenvalue weighted by Gasteiger charge is -2.34. The van der Waals surface area contributed by atoms with Gasteiger partial charge in [0.25, 0.3) is 5.91 Å². The average Bonchev–Trinajstić information content (AvgIpc) is 3.25. The number of nitrogens with zero attached hydrogens (tertiary/aromatic N) is 4. The first kappa shape index (κ1) is 32.4. The van der Waals surface area contributed by atoms with Crippen molar-refractivity contribution >= 4 is 46.5 Å². The van der Waals surface area contributed by atoms with Gasteiger partial charge in [-0.25, -0.2) is 4.79 Å². The number of benzene rings is 2. The molecule has 232 valence electrons. The van der Waals surface area contributed by atoms with Crippen LogP contribution in [-0.2, 0) is 14.3 Å². The zero-order valence-electron chi connectivity index (χ0n) is 25.4. The minimum atomic E-state index is -0.735. The van der Waals surface area contributed by atoms with Crippen molar-refractivity contribution in [3.63, 3.8) is 0 Å². The number of carbonyl (C=O) groups is 3. The second-order valence-corrected chi connectivity index (χ2v) is 11.1. The summed E-state index contributed by atoms with van der Waals surface area (Å²) in [5.74, 6) is -0.221. The van der Waals surface area contributed by atoms with Gasteiger partial charge in [0.1, 0.15) is 11.8 Å². The standard InChI is InChI=1S/C32H43N5O5S/c1-4-22-42-27-14-10-25(11-15-27)33-29(38)23-28-30(39)37(26-12-8-24(9-13-26)31(40)41-6-3)32(43)36(28)17-7-16-35-20-18-34(5-2)19-21-35/h8-15,28H,4-7,16-23H2,1-3H3,(H,33,38). The van der Waals surface area contributed by atoms with E-state index in [1.54, 1.807) is 43.3 Å². The van der Waals surface area contributed by atoms with E-state index in [9.17, 15) is 14.4 Å². The fourth-order valence-electron chi connectivity index (χ4n) is 5.32. The number of ether oxygens (including phenoxy) is 2. The van der Waals surface area contributed by atoms with Crippen LogP contribution in [0.25, 0.3) is 0 Å². The highest BCUT2D eigenvalue weighted by atomic mass is 32.1. The Balaban J connectivity index is 1.45. The molecular formula is C32H43N5O5S. The molecule has 10 nitrogen and oxygen atoms in total. The monoisotopic (exact) mass is 609 g/mol. The molecule has 43 heavy (non-hydrogen) atoms. The number of carbonyl (C=O) groups excluding carboxylic acids is 3. The number of rotatable bonds is 14. The Kier molecular flexibility index (Phi) is 11.9. The summed E-state index contributed by atoms with van der Waals surface area (Å²) in [5.41, 5.74) is 1.57. The maximum atomic E-state index is 13.8. The number of hydrogen-bond acceptors (Lipinski definition) is 8. The van der Waals surface area contributed by atoms with Gasteiger partial charge in [0.2, 0.25) is 5.91 Å². The van der Waals surface area contributed by atoms with Crippen molar-refractivity contribution in [3.8, 4) is 5.75 Å². The van der Waals surface area contributed by atoms with Crippen LogP contribution >= 0.6 is 12.2 Å². The second kappa shape index (κ2) is 15.8. The van der Waals surface area contributed by atoms with Gasteiger partial charge in [-0.05, 0) is 93.6 Å². The predicted octanol–water partition coefficient (Wildman–Crippen LogP) is 4.01. The van der Waals surface area contributed by atoms with E-state index in [0.29, 0.717) is 35.2 Å². The number of amides is 2. The molecule has 2 aliphatic rings. The summed E-state index contributed by atoms with van der Waals surface area (Å²) < 4.78 is 10.7. The molecule has 1 N–H and O–H groups in total. The molecule has 1 unspecified atom stereocenters.